The number of amides is 1. The molecule has 1 unspecified atom stereocenters. The van der Waals surface area contributed by atoms with Gasteiger partial charge in [0, 0.05) is 24.5 Å². The third kappa shape index (κ3) is 3.94. The first kappa shape index (κ1) is 21.5. The van der Waals surface area contributed by atoms with Crippen molar-refractivity contribution in [2.75, 3.05) is 0 Å². The summed E-state index contributed by atoms with van der Waals surface area (Å²) in [5, 5.41) is 11.2. The second-order valence-corrected chi connectivity index (χ2v) is 8.19. The Morgan fingerprint density at radius 3 is 2.34 bits per heavy atom. The number of carbonyl (C=O) groups is 2. The summed E-state index contributed by atoms with van der Waals surface area (Å²) in [6, 6.07) is 16.3. The maximum absolute atomic E-state index is 13.2. The minimum atomic E-state index is -0.691. The van der Waals surface area contributed by atoms with Crippen LogP contribution < -0.4 is 0 Å². The van der Waals surface area contributed by atoms with Crippen molar-refractivity contribution in [1.29, 1.82) is 0 Å². The van der Waals surface area contributed by atoms with E-state index in [2.05, 4.69) is 11.9 Å². The van der Waals surface area contributed by atoms with Gasteiger partial charge in [-0.05, 0) is 54.7 Å². The molecule has 1 aromatic heterocycles. The second kappa shape index (κ2) is 8.79. The molecule has 1 fully saturated rings. The molecule has 1 aliphatic rings. The van der Waals surface area contributed by atoms with E-state index in [0.29, 0.717) is 5.56 Å². The van der Waals surface area contributed by atoms with Crippen LogP contribution in [0.15, 0.2) is 72.6 Å². The van der Waals surface area contributed by atoms with Crippen LogP contribution in [0.2, 0.25) is 0 Å². The number of benzene rings is 2. The van der Waals surface area contributed by atoms with E-state index < -0.39 is 17.7 Å². The molecule has 0 radical (unpaired) electrons. The van der Waals surface area contributed by atoms with Gasteiger partial charge in [-0.1, -0.05) is 55.0 Å². The molecule has 0 spiro atoms. The van der Waals surface area contributed by atoms with Crippen molar-refractivity contribution >= 4 is 17.4 Å². The van der Waals surface area contributed by atoms with Gasteiger partial charge in [-0.3, -0.25) is 14.6 Å². The Morgan fingerprint density at radius 1 is 1.00 bits per heavy atom. The van der Waals surface area contributed by atoms with Gasteiger partial charge in [0.1, 0.15) is 5.76 Å². The SMILES string of the molecule is CCc1ccc(/C(O)=C2\C(=O)C(=O)N(Cc3cc(C)ccc3C)C2c2ccncc2)cc1. The average Bonchev–Trinajstić information content (AvgIpc) is 3.06. The molecule has 1 N–H and O–H groups in total. The van der Waals surface area contributed by atoms with E-state index in [1.807, 2.05) is 44.2 Å². The van der Waals surface area contributed by atoms with Gasteiger partial charge < -0.3 is 10.0 Å². The van der Waals surface area contributed by atoms with Crippen LogP contribution in [0.4, 0.5) is 0 Å². The molecule has 2 aromatic carbocycles. The lowest BCUT2D eigenvalue weighted by Gasteiger charge is -2.26. The molecule has 0 aliphatic carbocycles. The third-order valence-corrected chi connectivity index (χ3v) is 6.04. The fourth-order valence-electron chi connectivity index (χ4n) is 4.14. The van der Waals surface area contributed by atoms with Gasteiger partial charge >= 0.3 is 0 Å². The molecule has 3 aromatic rings. The van der Waals surface area contributed by atoms with Gasteiger partial charge in [-0.15, -0.1) is 0 Å². The van der Waals surface area contributed by atoms with E-state index in [0.717, 1.165) is 34.2 Å². The van der Waals surface area contributed by atoms with E-state index in [1.54, 1.807) is 41.6 Å². The predicted molar refractivity (Wildman–Crippen MR) is 124 cm³/mol. The van der Waals surface area contributed by atoms with Gasteiger partial charge in [-0.2, -0.15) is 0 Å². The Morgan fingerprint density at radius 2 is 1.69 bits per heavy atom. The lowest BCUT2D eigenvalue weighted by atomic mass is 9.95. The van der Waals surface area contributed by atoms with E-state index in [4.69, 9.17) is 0 Å². The van der Waals surface area contributed by atoms with E-state index >= 15 is 0 Å². The summed E-state index contributed by atoms with van der Waals surface area (Å²) in [5.41, 5.74) is 5.58. The number of carbonyl (C=O) groups excluding carboxylic acids is 2. The lowest BCUT2D eigenvalue weighted by molar-refractivity contribution is -0.140. The molecule has 162 valence electrons. The minimum absolute atomic E-state index is 0.107. The summed E-state index contributed by atoms with van der Waals surface area (Å²) >= 11 is 0. The molecule has 0 bridgehead atoms. The highest BCUT2D eigenvalue weighted by molar-refractivity contribution is 6.46. The maximum atomic E-state index is 13.2. The van der Waals surface area contributed by atoms with Crippen molar-refractivity contribution in [1.82, 2.24) is 9.88 Å². The first-order valence-electron chi connectivity index (χ1n) is 10.7. The molecule has 1 saturated heterocycles. The number of likely N-dealkylation sites (tertiary alicyclic amines) is 1. The first-order chi connectivity index (χ1) is 15.4. The van der Waals surface area contributed by atoms with Gasteiger partial charge in [0.05, 0.1) is 11.6 Å². The Kier molecular flexibility index (Phi) is 5.91. The molecule has 2 heterocycles. The van der Waals surface area contributed by atoms with Gasteiger partial charge in [0.25, 0.3) is 11.7 Å². The van der Waals surface area contributed by atoms with Crippen molar-refractivity contribution in [2.45, 2.75) is 39.8 Å². The van der Waals surface area contributed by atoms with Gasteiger partial charge in [0.2, 0.25) is 0 Å². The summed E-state index contributed by atoms with van der Waals surface area (Å²) in [4.78, 5) is 31.9. The normalized spacial score (nSPS) is 17.7. The third-order valence-electron chi connectivity index (χ3n) is 6.04. The smallest absolute Gasteiger partial charge is 0.295 e. The molecule has 1 aliphatic heterocycles. The average molecular weight is 427 g/mol. The van der Waals surface area contributed by atoms with Crippen molar-refractivity contribution in [3.05, 3.63) is 106 Å². The number of hydrogen-bond donors (Lipinski definition) is 1. The van der Waals surface area contributed by atoms with E-state index in [1.165, 1.54) is 0 Å². The van der Waals surface area contributed by atoms with Crippen molar-refractivity contribution in [3.8, 4) is 0 Å². The molecule has 0 saturated carbocycles. The van der Waals surface area contributed by atoms with Crippen LogP contribution in [-0.2, 0) is 22.6 Å². The second-order valence-electron chi connectivity index (χ2n) is 8.19. The highest BCUT2D eigenvalue weighted by Gasteiger charge is 2.46. The highest BCUT2D eigenvalue weighted by Crippen LogP contribution is 2.40. The fourth-order valence-corrected chi connectivity index (χ4v) is 4.14. The molecular formula is C27H26N2O3. The summed E-state index contributed by atoms with van der Waals surface area (Å²) < 4.78 is 0. The highest BCUT2D eigenvalue weighted by atomic mass is 16.3. The predicted octanol–water partition coefficient (Wildman–Crippen LogP) is 4.88. The number of aliphatic hydroxyl groups is 1. The number of aliphatic hydroxyl groups excluding tert-OH is 1. The zero-order valence-electron chi connectivity index (χ0n) is 18.5. The molecule has 5 nitrogen and oxygen atoms in total. The van der Waals surface area contributed by atoms with Crippen molar-refractivity contribution < 1.29 is 14.7 Å². The van der Waals surface area contributed by atoms with Crippen LogP contribution in [-0.4, -0.2) is 26.7 Å². The molecule has 5 heteroatoms. The topological polar surface area (TPSA) is 70.5 Å². The van der Waals surface area contributed by atoms with Crippen LogP contribution in [0.25, 0.3) is 5.76 Å². The summed E-state index contributed by atoms with van der Waals surface area (Å²) in [7, 11) is 0. The number of hydrogen-bond acceptors (Lipinski definition) is 4. The number of pyridine rings is 1. The largest absolute Gasteiger partial charge is 0.507 e. The quantitative estimate of drug-likeness (QED) is 0.359. The lowest BCUT2D eigenvalue weighted by Crippen LogP contribution is -2.29. The summed E-state index contributed by atoms with van der Waals surface area (Å²) in [6.07, 6.45) is 4.13. The Bertz CT molecular complexity index is 1200. The zero-order valence-corrected chi connectivity index (χ0v) is 18.5. The summed E-state index contributed by atoms with van der Waals surface area (Å²) in [5.74, 6) is -1.44. The van der Waals surface area contributed by atoms with E-state index in [-0.39, 0.29) is 17.9 Å². The first-order valence-corrected chi connectivity index (χ1v) is 10.7. The minimum Gasteiger partial charge on any atom is -0.507 e. The van der Waals surface area contributed by atoms with Crippen LogP contribution in [0.3, 0.4) is 0 Å². The van der Waals surface area contributed by atoms with Gasteiger partial charge in [0.15, 0.2) is 0 Å². The van der Waals surface area contributed by atoms with Crippen molar-refractivity contribution in [2.24, 2.45) is 0 Å². The molecular weight excluding hydrogens is 400 g/mol. The summed E-state index contributed by atoms with van der Waals surface area (Å²) in [6.45, 7) is 6.31. The monoisotopic (exact) mass is 426 g/mol. The maximum Gasteiger partial charge on any atom is 0.295 e. The molecule has 1 amide bonds. The van der Waals surface area contributed by atoms with Crippen LogP contribution in [0.1, 0.15) is 46.3 Å². The Hall–Kier alpha value is -3.73. The Labute approximate surface area is 188 Å². The number of aromatic nitrogens is 1. The van der Waals surface area contributed by atoms with Crippen LogP contribution >= 0.6 is 0 Å². The number of Topliss-reactive ketones (excluding diaryl/α,β-unsaturated/α-hetero) is 1. The molecule has 1 atom stereocenters. The van der Waals surface area contributed by atoms with Crippen LogP contribution in [0, 0.1) is 13.8 Å². The Balaban J connectivity index is 1.84. The number of nitrogens with zero attached hydrogens (tertiary/aromatic N) is 2. The number of aryl methyl sites for hydroxylation is 3. The van der Waals surface area contributed by atoms with Gasteiger partial charge in [-0.25, -0.2) is 0 Å². The standard InChI is InChI=1S/C27H26N2O3/c1-4-19-7-9-21(10-8-19)25(30)23-24(20-11-13-28-14-12-20)29(27(32)26(23)31)16-22-15-17(2)5-6-18(22)3/h5-15,24,30H,4,16H2,1-3H3/b25-23+. The zero-order chi connectivity index (χ0) is 22.8. The molecule has 4 rings (SSSR count). The fraction of sp³-hybridized carbons (Fsp3) is 0.222. The number of rotatable bonds is 5. The number of ketones is 1. The van der Waals surface area contributed by atoms with E-state index in [9.17, 15) is 14.7 Å². The van der Waals surface area contributed by atoms with Crippen LogP contribution in [0.5, 0.6) is 0 Å². The molecule has 32 heavy (non-hydrogen) atoms. The van der Waals surface area contributed by atoms with Crippen molar-refractivity contribution in [3.63, 3.8) is 0 Å².